The van der Waals surface area contributed by atoms with Gasteiger partial charge in [-0.2, -0.15) is 0 Å². The molecule has 0 unspecified atom stereocenters. The molecule has 0 aliphatic heterocycles. The summed E-state index contributed by atoms with van der Waals surface area (Å²) >= 11 is 0. The van der Waals surface area contributed by atoms with Crippen LogP contribution >= 0.6 is 0 Å². The van der Waals surface area contributed by atoms with Crippen molar-refractivity contribution in [3.05, 3.63) is 35.4 Å². The molecule has 0 N–H and O–H groups in total. The van der Waals surface area contributed by atoms with Gasteiger partial charge in [0.05, 0.1) is 13.2 Å². The van der Waals surface area contributed by atoms with Crippen LogP contribution in [0.5, 0.6) is 5.75 Å². The second kappa shape index (κ2) is 3.67. The van der Waals surface area contributed by atoms with Crippen molar-refractivity contribution in [2.24, 2.45) is 5.92 Å². The molecule has 0 amide bonds. The largest absolute Gasteiger partial charge is 0.492 e. The van der Waals surface area contributed by atoms with Gasteiger partial charge in [0.2, 0.25) is 0 Å². The van der Waals surface area contributed by atoms with E-state index in [9.17, 15) is 4.39 Å². The van der Waals surface area contributed by atoms with Crippen LogP contribution in [-0.2, 0) is 0 Å². The van der Waals surface area contributed by atoms with Crippen LogP contribution in [0.15, 0.2) is 18.2 Å². The highest BCUT2D eigenvalue weighted by molar-refractivity contribution is 5.49. The third-order valence-corrected chi connectivity index (χ3v) is 2.22. The van der Waals surface area contributed by atoms with Gasteiger partial charge in [0.1, 0.15) is 5.75 Å². The maximum absolute atomic E-state index is 13.1. The van der Waals surface area contributed by atoms with Crippen LogP contribution in [0, 0.1) is 18.3 Å². The van der Waals surface area contributed by atoms with Gasteiger partial charge < -0.3 is 4.74 Å². The lowest BCUT2D eigenvalue weighted by atomic mass is 10.3. The fraction of sp³-hybridized carbons (Fsp3) is 0.364. The lowest BCUT2D eigenvalue weighted by Crippen LogP contribution is -2.00. The van der Waals surface area contributed by atoms with Crippen LogP contribution in [0.2, 0.25) is 0 Å². The number of ether oxygens (including phenoxy) is 1. The molecule has 1 aliphatic carbocycles. The summed E-state index contributed by atoms with van der Waals surface area (Å²) in [6.45, 7) is 7.35. The van der Waals surface area contributed by atoms with E-state index in [2.05, 4.69) is 4.85 Å². The maximum Gasteiger partial charge on any atom is 0.191 e. The molecule has 3 heteroatoms. The summed E-state index contributed by atoms with van der Waals surface area (Å²) in [4.78, 5) is 3.22. The van der Waals surface area contributed by atoms with E-state index in [1.165, 1.54) is 31.0 Å². The summed E-state index contributed by atoms with van der Waals surface area (Å²) in [6, 6.07) is 4.17. The number of nitrogens with zero attached hydrogens (tertiary/aromatic N) is 1. The molecule has 1 saturated carbocycles. The summed E-state index contributed by atoms with van der Waals surface area (Å²) in [5, 5.41) is 0. The Hall–Kier alpha value is -1.56. The van der Waals surface area contributed by atoms with Crippen LogP contribution in [-0.4, -0.2) is 6.61 Å². The van der Waals surface area contributed by atoms with Gasteiger partial charge in [0, 0.05) is 0 Å². The molecule has 0 radical (unpaired) electrons. The lowest BCUT2D eigenvalue weighted by Gasteiger charge is -2.06. The minimum Gasteiger partial charge on any atom is -0.492 e. The summed E-state index contributed by atoms with van der Waals surface area (Å²) in [6.07, 6.45) is 2.34. The van der Waals surface area contributed by atoms with E-state index >= 15 is 0 Å². The fourth-order valence-corrected chi connectivity index (χ4v) is 1.16. The predicted molar refractivity (Wildman–Crippen MR) is 50.9 cm³/mol. The molecule has 0 saturated heterocycles. The highest BCUT2D eigenvalue weighted by atomic mass is 19.1. The molecule has 0 aromatic heterocycles. The van der Waals surface area contributed by atoms with E-state index < -0.39 is 5.82 Å². The smallest absolute Gasteiger partial charge is 0.191 e. The van der Waals surface area contributed by atoms with Gasteiger partial charge in [-0.1, -0.05) is 6.07 Å². The van der Waals surface area contributed by atoms with Crippen LogP contribution in [0.3, 0.4) is 0 Å². The zero-order valence-corrected chi connectivity index (χ0v) is 7.66. The Morgan fingerprint density at radius 2 is 2.29 bits per heavy atom. The Morgan fingerprint density at radius 3 is 2.93 bits per heavy atom. The van der Waals surface area contributed by atoms with Crippen LogP contribution in [0.1, 0.15) is 12.8 Å². The van der Waals surface area contributed by atoms with Crippen molar-refractivity contribution in [1.29, 1.82) is 0 Å². The first kappa shape index (κ1) is 9.01. The maximum atomic E-state index is 13.1. The molecule has 1 aliphatic rings. The average Bonchev–Trinajstić information content (AvgIpc) is 3.00. The quantitative estimate of drug-likeness (QED) is 0.669. The SMILES string of the molecule is [C-]#[N+]c1ccc(F)c(OCC2CC2)c1. The molecule has 2 rings (SSSR count). The van der Waals surface area contributed by atoms with Gasteiger partial charge in [-0.15, -0.1) is 0 Å². The monoisotopic (exact) mass is 191 g/mol. The van der Waals surface area contributed by atoms with Gasteiger partial charge in [-0.25, -0.2) is 9.24 Å². The topological polar surface area (TPSA) is 13.6 Å². The predicted octanol–water partition coefficient (Wildman–Crippen LogP) is 3.17. The normalized spacial score (nSPS) is 14.9. The second-order valence-corrected chi connectivity index (χ2v) is 3.48. The molecule has 1 fully saturated rings. The third kappa shape index (κ3) is 2.02. The summed E-state index contributed by atoms with van der Waals surface area (Å²) in [7, 11) is 0. The molecule has 14 heavy (non-hydrogen) atoms. The first-order valence-corrected chi connectivity index (χ1v) is 4.59. The third-order valence-electron chi connectivity index (χ3n) is 2.22. The number of hydrogen-bond donors (Lipinski definition) is 0. The molecule has 0 heterocycles. The first-order chi connectivity index (χ1) is 6.79. The Balaban J connectivity index is 2.09. The van der Waals surface area contributed by atoms with Crippen molar-refractivity contribution in [2.45, 2.75) is 12.8 Å². The van der Waals surface area contributed by atoms with Crippen molar-refractivity contribution in [3.63, 3.8) is 0 Å². The van der Waals surface area contributed by atoms with E-state index in [0.717, 1.165) is 0 Å². The molecule has 0 atom stereocenters. The zero-order valence-electron chi connectivity index (χ0n) is 7.66. The summed E-state index contributed by atoms with van der Waals surface area (Å²) < 4.78 is 18.4. The van der Waals surface area contributed by atoms with E-state index in [4.69, 9.17) is 11.3 Å². The van der Waals surface area contributed by atoms with Gasteiger partial charge in [-0.05, 0) is 30.9 Å². The van der Waals surface area contributed by atoms with Crippen LogP contribution in [0.25, 0.3) is 4.85 Å². The van der Waals surface area contributed by atoms with Crippen molar-refractivity contribution >= 4 is 5.69 Å². The van der Waals surface area contributed by atoms with Crippen LogP contribution < -0.4 is 4.74 Å². The lowest BCUT2D eigenvalue weighted by molar-refractivity contribution is 0.285. The van der Waals surface area contributed by atoms with Gasteiger partial charge in [0.15, 0.2) is 11.5 Å². The molecular formula is C11H10FNO. The van der Waals surface area contributed by atoms with Crippen molar-refractivity contribution in [3.8, 4) is 5.75 Å². The van der Waals surface area contributed by atoms with Gasteiger partial charge >= 0.3 is 0 Å². The molecule has 1 aromatic carbocycles. The number of halogens is 1. The summed E-state index contributed by atoms with van der Waals surface area (Å²) in [5.74, 6) is 0.398. The number of hydrogen-bond acceptors (Lipinski definition) is 1. The van der Waals surface area contributed by atoms with Crippen molar-refractivity contribution in [2.75, 3.05) is 6.61 Å². The standard InChI is InChI=1S/C11H10FNO/c1-13-9-4-5-10(12)11(6-9)14-7-8-2-3-8/h4-6,8H,2-3,7H2. The average molecular weight is 191 g/mol. The minimum absolute atomic E-state index is 0.199. The Morgan fingerprint density at radius 1 is 1.50 bits per heavy atom. The van der Waals surface area contributed by atoms with Crippen molar-refractivity contribution in [1.82, 2.24) is 0 Å². The van der Waals surface area contributed by atoms with Gasteiger partial charge in [-0.3, -0.25) is 0 Å². The zero-order chi connectivity index (χ0) is 9.97. The summed E-state index contributed by atoms with van der Waals surface area (Å²) in [5.41, 5.74) is 0.414. The number of rotatable bonds is 3. The second-order valence-electron chi connectivity index (χ2n) is 3.48. The van der Waals surface area contributed by atoms with E-state index in [-0.39, 0.29) is 5.75 Å². The highest BCUT2D eigenvalue weighted by Crippen LogP contribution is 2.31. The Labute approximate surface area is 82.1 Å². The fourth-order valence-electron chi connectivity index (χ4n) is 1.16. The van der Waals surface area contributed by atoms with E-state index in [0.29, 0.717) is 18.2 Å². The van der Waals surface area contributed by atoms with E-state index in [1.807, 2.05) is 0 Å². The number of benzene rings is 1. The molecule has 0 spiro atoms. The van der Waals surface area contributed by atoms with Crippen molar-refractivity contribution < 1.29 is 9.13 Å². The molecule has 1 aromatic rings. The molecule has 72 valence electrons. The molecular weight excluding hydrogens is 181 g/mol. The highest BCUT2D eigenvalue weighted by Gasteiger charge is 2.22. The van der Waals surface area contributed by atoms with Gasteiger partial charge in [0.25, 0.3) is 0 Å². The van der Waals surface area contributed by atoms with Crippen LogP contribution in [0.4, 0.5) is 10.1 Å². The van der Waals surface area contributed by atoms with E-state index in [1.54, 1.807) is 0 Å². The minimum atomic E-state index is -0.391. The Bertz CT molecular complexity index is 379. The molecule has 2 nitrogen and oxygen atoms in total. The molecule has 0 bridgehead atoms. The first-order valence-electron chi connectivity index (χ1n) is 4.59. The Kier molecular flexibility index (Phi) is 2.36.